The third-order valence-corrected chi connectivity index (χ3v) is 5.15. The molecule has 1 heterocycles. The van der Waals surface area contributed by atoms with E-state index in [4.69, 9.17) is 0 Å². The van der Waals surface area contributed by atoms with E-state index in [1.807, 2.05) is 0 Å². The quantitative estimate of drug-likeness (QED) is 0.392. The molecule has 0 aliphatic rings. The van der Waals surface area contributed by atoms with Crippen LogP contribution in [0.3, 0.4) is 0 Å². The lowest BCUT2D eigenvalue weighted by atomic mass is 10.3. The van der Waals surface area contributed by atoms with Gasteiger partial charge in [-0.2, -0.15) is 0 Å². The molecule has 0 saturated heterocycles. The number of guanidine groups is 1. The van der Waals surface area contributed by atoms with Crippen molar-refractivity contribution in [1.29, 1.82) is 0 Å². The summed E-state index contributed by atoms with van der Waals surface area (Å²) in [6.07, 6.45) is 0. The zero-order chi connectivity index (χ0) is 15.0. The van der Waals surface area contributed by atoms with Crippen molar-refractivity contribution in [3.8, 4) is 0 Å². The van der Waals surface area contributed by atoms with Gasteiger partial charge in [0.05, 0.1) is 12.3 Å². The van der Waals surface area contributed by atoms with Gasteiger partial charge >= 0.3 is 0 Å². The SMILES string of the molecule is CCS(=O)(=O)NCCNC(=NC)NCc1sccc1C. The highest BCUT2D eigenvalue weighted by atomic mass is 32.2. The van der Waals surface area contributed by atoms with Crippen molar-refractivity contribution in [3.63, 3.8) is 0 Å². The van der Waals surface area contributed by atoms with Gasteiger partial charge in [0.1, 0.15) is 0 Å². The molecule has 0 unspecified atom stereocenters. The third kappa shape index (κ3) is 5.89. The lowest BCUT2D eigenvalue weighted by Crippen LogP contribution is -2.41. The topological polar surface area (TPSA) is 82.6 Å². The molecule has 0 atom stereocenters. The van der Waals surface area contributed by atoms with Crippen LogP contribution in [0.15, 0.2) is 16.4 Å². The summed E-state index contributed by atoms with van der Waals surface area (Å²) in [5.74, 6) is 0.756. The number of nitrogens with one attached hydrogen (secondary N) is 3. The molecule has 114 valence electrons. The molecule has 0 spiro atoms. The van der Waals surface area contributed by atoms with E-state index in [0.717, 1.165) is 0 Å². The van der Waals surface area contributed by atoms with Crippen LogP contribution in [0.5, 0.6) is 0 Å². The first-order valence-electron chi connectivity index (χ1n) is 6.43. The zero-order valence-corrected chi connectivity index (χ0v) is 13.7. The van der Waals surface area contributed by atoms with Gasteiger partial charge in [0, 0.05) is 25.0 Å². The summed E-state index contributed by atoms with van der Waals surface area (Å²) in [7, 11) is -1.44. The lowest BCUT2D eigenvalue weighted by molar-refractivity contribution is 0.582. The van der Waals surface area contributed by atoms with Gasteiger partial charge in [-0.25, -0.2) is 13.1 Å². The van der Waals surface area contributed by atoms with Crippen LogP contribution in [0.4, 0.5) is 0 Å². The van der Waals surface area contributed by atoms with Crippen LogP contribution in [-0.2, 0) is 16.6 Å². The van der Waals surface area contributed by atoms with E-state index in [9.17, 15) is 8.42 Å². The van der Waals surface area contributed by atoms with E-state index in [1.54, 1.807) is 25.3 Å². The van der Waals surface area contributed by atoms with Gasteiger partial charge in [0.15, 0.2) is 5.96 Å². The maximum Gasteiger partial charge on any atom is 0.211 e. The first-order chi connectivity index (χ1) is 9.48. The number of aliphatic imine (C=N–C) groups is 1. The maximum atomic E-state index is 11.2. The van der Waals surface area contributed by atoms with Crippen molar-refractivity contribution >= 4 is 27.3 Å². The standard InChI is InChI=1S/C12H22N4O2S2/c1-4-20(17,18)16-7-6-14-12(13-3)15-9-11-10(2)5-8-19-11/h5,8,16H,4,6-7,9H2,1-3H3,(H2,13,14,15). The number of hydrogen-bond acceptors (Lipinski definition) is 4. The number of aryl methyl sites for hydroxylation is 1. The molecule has 8 heteroatoms. The molecule has 0 bridgehead atoms. The highest BCUT2D eigenvalue weighted by Gasteiger charge is 2.05. The summed E-state index contributed by atoms with van der Waals surface area (Å²) in [6, 6.07) is 2.08. The predicted molar refractivity (Wildman–Crippen MR) is 84.7 cm³/mol. The van der Waals surface area contributed by atoms with Crippen molar-refractivity contribution in [3.05, 3.63) is 21.9 Å². The average Bonchev–Trinajstić information content (AvgIpc) is 2.83. The summed E-state index contributed by atoms with van der Waals surface area (Å²) in [5, 5.41) is 8.32. The Balaban J connectivity index is 2.29. The normalized spacial score (nSPS) is 12.4. The molecule has 20 heavy (non-hydrogen) atoms. The van der Waals surface area contributed by atoms with Crippen LogP contribution in [0.1, 0.15) is 17.4 Å². The van der Waals surface area contributed by atoms with Crippen molar-refractivity contribution in [2.45, 2.75) is 20.4 Å². The van der Waals surface area contributed by atoms with Crippen molar-refractivity contribution in [2.24, 2.45) is 4.99 Å². The first-order valence-corrected chi connectivity index (χ1v) is 8.96. The number of thiophene rings is 1. The number of rotatable bonds is 7. The van der Waals surface area contributed by atoms with Gasteiger partial charge in [0.2, 0.25) is 10.0 Å². The van der Waals surface area contributed by atoms with E-state index in [2.05, 4.69) is 38.7 Å². The minimum absolute atomic E-state index is 0.0949. The summed E-state index contributed by atoms with van der Waals surface area (Å²) < 4.78 is 25.0. The molecule has 0 aliphatic heterocycles. The predicted octanol–water partition coefficient (Wildman–Crippen LogP) is 0.661. The molecule has 6 nitrogen and oxygen atoms in total. The smallest absolute Gasteiger partial charge is 0.211 e. The molecule has 0 saturated carbocycles. The summed E-state index contributed by atoms with van der Waals surface area (Å²) in [4.78, 5) is 5.36. The Bertz CT molecular complexity index is 537. The van der Waals surface area contributed by atoms with E-state index in [0.29, 0.717) is 25.6 Å². The molecule has 0 amide bonds. The highest BCUT2D eigenvalue weighted by molar-refractivity contribution is 7.89. The molecule has 0 radical (unpaired) electrons. The van der Waals surface area contributed by atoms with Crippen LogP contribution < -0.4 is 15.4 Å². The summed E-state index contributed by atoms with van der Waals surface area (Å²) in [6.45, 7) is 5.23. The summed E-state index contributed by atoms with van der Waals surface area (Å²) in [5.41, 5.74) is 1.26. The zero-order valence-electron chi connectivity index (χ0n) is 12.1. The van der Waals surface area contributed by atoms with Gasteiger partial charge in [0.25, 0.3) is 0 Å². The van der Waals surface area contributed by atoms with E-state index >= 15 is 0 Å². The van der Waals surface area contributed by atoms with Crippen LogP contribution in [0.25, 0.3) is 0 Å². The number of hydrogen-bond donors (Lipinski definition) is 3. The molecule has 0 aliphatic carbocycles. The van der Waals surface area contributed by atoms with E-state index in [1.165, 1.54) is 10.4 Å². The molecule has 1 aromatic rings. The fourth-order valence-corrected chi connectivity index (χ4v) is 2.92. The Morgan fingerprint density at radius 1 is 1.35 bits per heavy atom. The average molecular weight is 318 g/mol. The van der Waals surface area contributed by atoms with Crippen LogP contribution >= 0.6 is 11.3 Å². The fraction of sp³-hybridized carbons (Fsp3) is 0.583. The summed E-state index contributed by atoms with van der Waals surface area (Å²) >= 11 is 1.70. The Morgan fingerprint density at radius 3 is 2.65 bits per heavy atom. The highest BCUT2D eigenvalue weighted by Crippen LogP contribution is 2.14. The molecule has 1 aromatic heterocycles. The number of nitrogens with zero attached hydrogens (tertiary/aromatic N) is 1. The molecule has 0 aromatic carbocycles. The largest absolute Gasteiger partial charge is 0.355 e. The molecule has 3 N–H and O–H groups in total. The van der Waals surface area contributed by atoms with E-state index < -0.39 is 10.0 Å². The molecular weight excluding hydrogens is 296 g/mol. The third-order valence-electron chi connectivity index (χ3n) is 2.73. The molecule has 1 rings (SSSR count). The van der Waals surface area contributed by atoms with Gasteiger partial charge in [-0.05, 0) is 30.9 Å². The Morgan fingerprint density at radius 2 is 2.10 bits per heavy atom. The minimum Gasteiger partial charge on any atom is -0.355 e. The molecule has 0 fully saturated rings. The van der Waals surface area contributed by atoms with Gasteiger partial charge in [-0.3, -0.25) is 4.99 Å². The maximum absolute atomic E-state index is 11.2. The van der Waals surface area contributed by atoms with Crippen LogP contribution in [0.2, 0.25) is 0 Å². The number of sulfonamides is 1. The van der Waals surface area contributed by atoms with Crippen LogP contribution in [-0.4, -0.2) is 40.3 Å². The van der Waals surface area contributed by atoms with Crippen molar-refractivity contribution in [2.75, 3.05) is 25.9 Å². The minimum atomic E-state index is -3.13. The van der Waals surface area contributed by atoms with Gasteiger partial charge in [-0.15, -0.1) is 11.3 Å². The second-order valence-corrected chi connectivity index (χ2v) is 7.27. The van der Waals surface area contributed by atoms with Gasteiger partial charge < -0.3 is 10.6 Å². The van der Waals surface area contributed by atoms with Crippen molar-refractivity contribution < 1.29 is 8.42 Å². The monoisotopic (exact) mass is 318 g/mol. The second kappa shape index (κ2) is 8.23. The molecular formula is C12H22N4O2S2. The van der Waals surface area contributed by atoms with Gasteiger partial charge in [-0.1, -0.05) is 0 Å². The lowest BCUT2D eigenvalue weighted by Gasteiger charge is -2.12. The van der Waals surface area contributed by atoms with Crippen LogP contribution in [0, 0.1) is 6.92 Å². The Labute approximate surface area is 124 Å². The Kier molecular flexibility index (Phi) is 6.97. The fourth-order valence-electron chi connectivity index (χ4n) is 1.46. The Hall–Kier alpha value is -1.12. The van der Waals surface area contributed by atoms with E-state index in [-0.39, 0.29) is 5.75 Å². The van der Waals surface area contributed by atoms with Crippen molar-refractivity contribution in [1.82, 2.24) is 15.4 Å². The first kappa shape index (κ1) is 16.9. The second-order valence-electron chi connectivity index (χ2n) is 4.18.